The Morgan fingerprint density at radius 1 is 0.852 bits per heavy atom. The number of aromatic hydroxyl groups is 1. The van der Waals surface area contributed by atoms with Crippen LogP contribution in [0.1, 0.15) is 131 Å². The molecule has 10 atom stereocenters. The van der Waals surface area contributed by atoms with E-state index >= 15 is 19.2 Å². The molecule has 10 unspecified atom stereocenters. The molecule has 0 radical (unpaired) electrons. The standard InChI is InChI=1S/C69H76N16O18S5/c1-30(56(70)88)71-57(89)39-27-107-65(76-39)50-44(87)20-35-49(78-50)38-25-105-63(73-38)37-24-100-67(94)52-36-23-98-53(54(103-45-21-69(5,96)55(82(6)7)33(4)102-45)68(95)99-22-34-12-10-13-43(46(34)36)85(52)101-19-11-14-84-17-15-83(8)16-18-84)51(66-77-40(28-108-66)58(90)72-37)81-60(92)42-29-106-64(75-42)48(32(3)97-9)80-61(93)47(31(2)86)79-59(91)41-26-104-62(35)74-41/h10,12-13,20,25-29,31,33,37,45,47,51,53-55,86-87,96H,1,11,14-19,21-24H2,2-9H3,(H2,70,88)(H,71,89)(H,72,90)(H,79,91)(H,80,93)(H,81,92)/b48-32+. The van der Waals surface area contributed by atoms with Gasteiger partial charge < -0.3 is 95.6 Å². The van der Waals surface area contributed by atoms with Crippen LogP contribution in [0.2, 0.25) is 0 Å². The van der Waals surface area contributed by atoms with E-state index in [0.717, 1.165) is 82.9 Å². The number of carbonyl (C=O) groups is 8. The van der Waals surface area contributed by atoms with Crippen molar-refractivity contribution in [2.24, 2.45) is 5.73 Å². The summed E-state index contributed by atoms with van der Waals surface area (Å²) in [5.41, 5.74) is 3.09. The molecule has 6 amide bonds. The summed E-state index contributed by atoms with van der Waals surface area (Å²) in [5, 5.41) is 56.3. The summed E-state index contributed by atoms with van der Waals surface area (Å²) < 4.78 is 40.1. The highest BCUT2D eigenvalue weighted by atomic mass is 32.1. The van der Waals surface area contributed by atoms with E-state index < -0.39 is 139 Å². The Morgan fingerprint density at radius 2 is 1.53 bits per heavy atom. The number of aromatic nitrogens is 7. The molecular weight excluding hydrogens is 1500 g/mol. The number of hydrogen-bond donors (Lipinski definition) is 9. The van der Waals surface area contributed by atoms with Crippen LogP contribution in [0.15, 0.2) is 69.2 Å². The lowest BCUT2D eigenvalue weighted by Crippen LogP contribution is -2.62. The molecule has 5 aliphatic rings. The highest BCUT2D eigenvalue weighted by Crippen LogP contribution is 2.43. The van der Waals surface area contributed by atoms with Crippen LogP contribution >= 0.6 is 56.7 Å². The van der Waals surface area contributed by atoms with Gasteiger partial charge in [0.25, 0.3) is 29.5 Å². The van der Waals surface area contributed by atoms with Crippen LogP contribution < -0.4 is 37.2 Å². The molecule has 10 N–H and O–H groups in total. The first-order chi connectivity index (χ1) is 51.6. The molecule has 39 heteroatoms. The number of pyridine rings is 1. The number of aliphatic hydroxyl groups is 2. The van der Waals surface area contributed by atoms with Gasteiger partial charge >= 0.3 is 11.9 Å². The van der Waals surface area contributed by atoms with Crippen LogP contribution in [0.25, 0.3) is 49.3 Å². The number of fused-ring (bicyclic) bond motifs is 15. The van der Waals surface area contributed by atoms with Gasteiger partial charge in [-0.2, -0.15) is 4.73 Å². The number of carbonyl (C=O) groups excluding carboxylic acids is 8. The minimum absolute atomic E-state index is 0.00140. The molecule has 0 spiro atoms. The maximum atomic E-state index is 15.8. The average Bonchev–Trinajstić information content (AvgIpc) is 1.58. The molecule has 0 aliphatic carbocycles. The van der Waals surface area contributed by atoms with Crippen LogP contribution in [0.3, 0.4) is 0 Å². The first-order valence-corrected chi connectivity index (χ1v) is 38.4. The highest BCUT2D eigenvalue weighted by Gasteiger charge is 2.50. The summed E-state index contributed by atoms with van der Waals surface area (Å²) in [6, 6.07) is 1.19. The van der Waals surface area contributed by atoms with Crippen molar-refractivity contribution >= 4 is 121 Å². The van der Waals surface area contributed by atoms with E-state index in [9.17, 15) is 34.5 Å². The number of likely N-dealkylation sites (N-methyl/N-ethyl adjacent to an activating group) is 2. The van der Waals surface area contributed by atoms with Crippen molar-refractivity contribution in [3.05, 3.63) is 124 Å². The fraction of sp³-hybridized carbons (Fsp3) is 0.420. The Hall–Kier alpha value is -9.62. The molecular formula is C69H76N16O18S5. The topological polar surface area (TPSA) is 440 Å². The number of allylic oxidation sites excluding steroid dienone is 1. The number of primary amides is 1. The Kier molecular flexibility index (Phi) is 22.6. The number of benzene rings is 1. The lowest BCUT2D eigenvalue weighted by atomic mass is 9.85. The van der Waals surface area contributed by atoms with Crippen molar-refractivity contribution in [1.29, 1.82) is 0 Å². The second-order valence-corrected chi connectivity index (χ2v) is 31.0. The number of rotatable bonds is 14. The smallest absolute Gasteiger partial charge is 0.358 e. The second kappa shape index (κ2) is 31.9. The zero-order valence-corrected chi connectivity index (χ0v) is 63.5. The van der Waals surface area contributed by atoms with Gasteiger partial charge in [0.2, 0.25) is 5.91 Å². The maximum absolute atomic E-state index is 15.8. The fourth-order valence-electron chi connectivity index (χ4n) is 13.4. The second-order valence-electron chi connectivity index (χ2n) is 26.6. The van der Waals surface area contributed by atoms with E-state index in [4.69, 9.17) is 53.9 Å². The Morgan fingerprint density at radius 3 is 2.25 bits per heavy atom. The summed E-state index contributed by atoms with van der Waals surface area (Å²) in [5.74, 6) is -7.95. The van der Waals surface area contributed by atoms with Crippen molar-refractivity contribution in [2.45, 2.75) is 114 Å². The fourth-order valence-corrected chi connectivity index (χ4v) is 17.5. The van der Waals surface area contributed by atoms with Crippen LogP contribution in [0.4, 0.5) is 0 Å². The van der Waals surface area contributed by atoms with Crippen molar-refractivity contribution in [3.63, 3.8) is 0 Å². The molecule has 8 aromatic rings. The third-order valence-corrected chi connectivity index (χ3v) is 23.2. The summed E-state index contributed by atoms with van der Waals surface area (Å²) in [4.78, 5) is 157. The summed E-state index contributed by atoms with van der Waals surface area (Å²) in [6.07, 6.45) is -6.96. The number of methoxy groups -OCH3 is 1. The van der Waals surface area contributed by atoms with Gasteiger partial charge in [-0.05, 0) is 73.0 Å². The number of cyclic esters (lactones) is 2. The number of thiazole rings is 5. The number of ether oxygens (including phenoxy) is 6. The molecule has 0 saturated carbocycles. The third kappa shape index (κ3) is 16.0. The third-order valence-electron chi connectivity index (χ3n) is 18.7. The van der Waals surface area contributed by atoms with Crippen LogP contribution in [-0.4, -0.2) is 235 Å². The van der Waals surface area contributed by atoms with E-state index in [0.29, 0.717) is 29.4 Å². The van der Waals surface area contributed by atoms with E-state index in [2.05, 4.69) is 65.0 Å². The SMILES string of the molecule is C=C(NC(=O)c1csc(-c2nc3c(cc2O)-c2nc(cs2)C(=O)NC(C(C)O)C(=O)N/C(=C(\C)OC)c2nc(cs2)C(=O)NC2c4nc(cs4)C(=O)NC(COC(=O)c4c5c6c(cccc6n4OCCCN4CCN(C)CC4)COC(=O)C(OC4CC(C)(O)C(N(C)C)C(C)O4)C2OC5)c2nc-3cs2)n1)C(N)=O. The van der Waals surface area contributed by atoms with Gasteiger partial charge in [0, 0.05) is 82.6 Å². The number of esters is 2. The predicted molar refractivity (Wildman–Crippen MR) is 393 cm³/mol. The number of amides is 6. The van der Waals surface area contributed by atoms with Crippen LogP contribution in [0, 0.1) is 0 Å². The molecule has 13 rings (SSSR count). The molecule has 1 aromatic carbocycles. The first kappa shape index (κ1) is 76.6. The molecule has 2 saturated heterocycles. The van der Waals surface area contributed by atoms with Gasteiger partial charge in [-0.25, -0.2) is 39.5 Å². The summed E-state index contributed by atoms with van der Waals surface area (Å²) >= 11 is 4.60. The van der Waals surface area contributed by atoms with Gasteiger partial charge in [-0.1, -0.05) is 18.7 Å². The molecule has 5 aliphatic heterocycles. The van der Waals surface area contributed by atoms with Gasteiger partial charge in [0.05, 0.1) is 48.8 Å². The average molecular weight is 1580 g/mol. The molecule has 12 heterocycles. The number of nitrogens with two attached hydrogens (primary N) is 1. The minimum Gasteiger partial charge on any atom is -0.506 e. The van der Waals surface area contributed by atoms with Gasteiger partial charge in [-0.15, -0.1) is 56.7 Å². The van der Waals surface area contributed by atoms with E-state index in [1.54, 1.807) is 51.5 Å². The van der Waals surface area contributed by atoms with Crippen molar-refractivity contribution in [2.75, 3.05) is 74.2 Å². The van der Waals surface area contributed by atoms with Gasteiger partial charge in [0.1, 0.15) is 126 Å². The monoisotopic (exact) mass is 1580 g/mol. The Bertz CT molecular complexity index is 4880. The van der Waals surface area contributed by atoms with E-state index in [1.807, 2.05) is 4.90 Å². The Labute approximate surface area is 636 Å². The van der Waals surface area contributed by atoms with Crippen molar-refractivity contribution in [1.82, 2.24) is 75.9 Å². The molecule has 34 nitrogen and oxygen atoms in total. The highest BCUT2D eigenvalue weighted by molar-refractivity contribution is 7.14. The van der Waals surface area contributed by atoms with Crippen molar-refractivity contribution < 1.29 is 86.9 Å². The Balaban J connectivity index is 0.994. The van der Waals surface area contributed by atoms with Gasteiger partial charge in [0.15, 0.2) is 18.1 Å². The van der Waals surface area contributed by atoms with Gasteiger partial charge in [-0.3, -0.25) is 28.8 Å². The number of nitrogens with zero attached hydrogens (tertiary/aromatic N) is 10. The first-order valence-electron chi connectivity index (χ1n) is 34.0. The van der Waals surface area contributed by atoms with Crippen molar-refractivity contribution in [3.8, 4) is 38.4 Å². The quantitative estimate of drug-likeness (QED) is 0.0324. The zero-order valence-electron chi connectivity index (χ0n) is 59.4. The largest absolute Gasteiger partial charge is 0.506 e. The maximum Gasteiger partial charge on any atom is 0.358 e. The lowest BCUT2D eigenvalue weighted by molar-refractivity contribution is -0.280. The lowest BCUT2D eigenvalue weighted by Gasteiger charge is -2.48. The molecule has 108 heavy (non-hydrogen) atoms. The summed E-state index contributed by atoms with van der Waals surface area (Å²) in [6.45, 7) is 12.1. The number of hydrogen-bond acceptors (Lipinski definition) is 32. The molecule has 7 aromatic heterocycles. The summed E-state index contributed by atoms with van der Waals surface area (Å²) in [7, 11) is 6.96. The number of aliphatic hydroxyl groups excluding tert-OH is 1. The predicted octanol–water partition coefficient (Wildman–Crippen LogP) is 3.72. The zero-order chi connectivity index (χ0) is 76.7. The van der Waals surface area contributed by atoms with E-state index in [-0.39, 0.29) is 106 Å². The van der Waals surface area contributed by atoms with Crippen LogP contribution in [0.5, 0.6) is 5.75 Å². The normalized spacial score (nSPS) is 24.1. The number of nitrogens with one attached hydrogen (secondary N) is 5. The molecule has 12 bridgehead atoms. The van der Waals surface area contributed by atoms with Crippen LogP contribution in [-0.2, 0) is 56.0 Å². The molecule has 2 fully saturated rings. The molecule has 570 valence electrons. The number of piperazine rings is 1. The van der Waals surface area contributed by atoms with E-state index in [1.165, 1.54) is 53.3 Å². The minimum atomic E-state index is -1.90.